The zero-order valence-electron chi connectivity index (χ0n) is 5.97. The van der Waals surface area contributed by atoms with E-state index in [1.807, 2.05) is 0 Å². The minimum atomic E-state index is -1.77. The van der Waals surface area contributed by atoms with E-state index < -0.39 is 23.3 Å². The molecule has 0 aliphatic carbocycles. The average Bonchev–Trinajstić information content (AvgIpc) is 2.13. The number of hydrogen-bond acceptors (Lipinski definition) is 0. The molecule has 1 aromatic carbocycles. The second kappa shape index (κ2) is 4.12. The Balaban J connectivity index is 3.56. The molecule has 0 aliphatic heterocycles. The summed E-state index contributed by atoms with van der Waals surface area (Å²) in [6, 6.07) is 0. The molecule has 0 bridgehead atoms. The van der Waals surface area contributed by atoms with E-state index in [9.17, 15) is 17.6 Å². The van der Waals surface area contributed by atoms with Gasteiger partial charge in [0.2, 0.25) is 0 Å². The van der Waals surface area contributed by atoms with Crippen LogP contribution in [0, 0.1) is 26.8 Å². The van der Waals surface area contributed by atoms with E-state index in [2.05, 4.69) is 15.9 Å². The van der Waals surface area contributed by atoms with Gasteiger partial charge in [-0.15, -0.1) is 0 Å². The molecule has 6 heteroatoms. The molecule has 13 heavy (non-hydrogen) atoms. The minimum Gasteiger partial charge on any atom is -0.203 e. The van der Waals surface area contributed by atoms with Crippen molar-refractivity contribution < 1.29 is 17.6 Å². The lowest BCUT2D eigenvalue weighted by Crippen LogP contribution is -2.04. The third-order valence-corrected chi connectivity index (χ3v) is 3.12. The number of alkyl halides is 1. The Morgan fingerprint density at radius 2 is 1.38 bits per heavy atom. The Morgan fingerprint density at radius 1 is 0.923 bits per heavy atom. The first-order chi connectivity index (χ1) is 6.00. The van der Waals surface area contributed by atoms with Crippen LogP contribution in [0.2, 0.25) is 0 Å². The molecule has 0 aliphatic rings. The van der Waals surface area contributed by atoms with Gasteiger partial charge in [0.15, 0.2) is 23.3 Å². The predicted octanol–water partition coefficient (Wildman–Crippen LogP) is 3.74. The van der Waals surface area contributed by atoms with Gasteiger partial charge in [0.05, 0.1) is 3.57 Å². The van der Waals surface area contributed by atoms with E-state index in [1.54, 1.807) is 0 Å². The van der Waals surface area contributed by atoms with E-state index in [1.165, 1.54) is 22.6 Å². The zero-order valence-corrected chi connectivity index (χ0v) is 9.72. The quantitative estimate of drug-likeness (QED) is 0.233. The van der Waals surface area contributed by atoms with Crippen molar-refractivity contribution in [3.8, 4) is 0 Å². The fraction of sp³-hybridized carbons (Fsp3) is 0.143. The molecule has 0 heterocycles. The van der Waals surface area contributed by atoms with Crippen LogP contribution in [0.15, 0.2) is 0 Å². The maximum atomic E-state index is 12.9. The summed E-state index contributed by atoms with van der Waals surface area (Å²) in [7, 11) is 0. The smallest absolute Gasteiger partial charge is 0.198 e. The van der Waals surface area contributed by atoms with Crippen LogP contribution < -0.4 is 0 Å². The second-order valence-electron chi connectivity index (χ2n) is 2.18. The Kier molecular flexibility index (Phi) is 3.56. The zero-order chi connectivity index (χ0) is 10.2. The lowest BCUT2D eigenvalue weighted by atomic mass is 10.2. The van der Waals surface area contributed by atoms with E-state index in [0.717, 1.165) is 0 Å². The van der Waals surface area contributed by atoms with Gasteiger partial charge in [0.1, 0.15) is 0 Å². The third-order valence-electron chi connectivity index (χ3n) is 1.43. The van der Waals surface area contributed by atoms with Crippen molar-refractivity contribution in [2.75, 3.05) is 0 Å². The lowest BCUT2D eigenvalue weighted by molar-refractivity contribution is 0.402. The SMILES string of the molecule is Fc1c(F)c(F)c(CBr)c(I)c1F. The largest absolute Gasteiger partial charge is 0.203 e. The van der Waals surface area contributed by atoms with Crippen molar-refractivity contribution in [2.45, 2.75) is 5.33 Å². The van der Waals surface area contributed by atoms with Crippen molar-refractivity contribution in [2.24, 2.45) is 0 Å². The highest BCUT2D eigenvalue weighted by molar-refractivity contribution is 14.1. The highest BCUT2D eigenvalue weighted by atomic mass is 127. The first-order valence-corrected chi connectivity index (χ1v) is 5.27. The summed E-state index contributed by atoms with van der Waals surface area (Å²) >= 11 is 4.27. The van der Waals surface area contributed by atoms with Crippen molar-refractivity contribution in [1.82, 2.24) is 0 Å². The maximum Gasteiger partial charge on any atom is 0.198 e. The number of benzene rings is 1. The standard InChI is InChI=1S/C7H2BrF4I/c8-1-2-3(9)4(10)5(11)6(12)7(2)13/h1H2. The van der Waals surface area contributed by atoms with E-state index >= 15 is 0 Å². The molecule has 0 amide bonds. The van der Waals surface area contributed by atoms with Crippen LogP contribution in [0.1, 0.15) is 5.56 Å². The van der Waals surface area contributed by atoms with Crippen LogP contribution in [0.4, 0.5) is 17.6 Å². The fourth-order valence-electron chi connectivity index (χ4n) is 0.768. The normalized spacial score (nSPS) is 10.6. The Hall–Kier alpha value is 0.150. The Morgan fingerprint density at radius 3 is 1.85 bits per heavy atom. The lowest BCUT2D eigenvalue weighted by Gasteiger charge is -2.05. The summed E-state index contributed by atoms with van der Waals surface area (Å²) in [5.41, 5.74) is -0.211. The van der Waals surface area contributed by atoms with Crippen LogP contribution >= 0.6 is 38.5 Å². The van der Waals surface area contributed by atoms with Crippen molar-refractivity contribution in [3.63, 3.8) is 0 Å². The molecule has 0 radical (unpaired) electrons. The molecule has 72 valence electrons. The topological polar surface area (TPSA) is 0 Å². The monoisotopic (exact) mass is 368 g/mol. The molecular weight excluding hydrogens is 367 g/mol. The Labute approximate surface area is 93.6 Å². The van der Waals surface area contributed by atoms with Gasteiger partial charge < -0.3 is 0 Å². The molecule has 0 unspecified atom stereocenters. The van der Waals surface area contributed by atoms with Crippen molar-refractivity contribution in [1.29, 1.82) is 0 Å². The van der Waals surface area contributed by atoms with Gasteiger partial charge in [-0.3, -0.25) is 0 Å². The molecule has 1 rings (SSSR count). The van der Waals surface area contributed by atoms with Gasteiger partial charge in [0.25, 0.3) is 0 Å². The molecule has 0 atom stereocenters. The molecule has 0 saturated heterocycles. The minimum absolute atomic E-state index is 0.0643. The first-order valence-electron chi connectivity index (χ1n) is 3.07. The van der Waals surface area contributed by atoms with Crippen LogP contribution in [-0.4, -0.2) is 0 Å². The third kappa shape index (κ3) is 1.83. The molecular formula is C7H2BrF4I. The number of hydrogen-bond donors (Lipinski definition) is 0. The molecule has 0 saturated carbocycles. The second-order valence-corrected chi connectivity index (χ2v) is 3.82. The van der Waals surface area contributed by atoms with Crippen LogP contribution in [0.3, 0.4) is 0 Å². The summed E-state index contributed by atoms with van der Waals surface area (Å²) < 4.78 is 50.6. The predicted molar refractivity (Wildman–Crippen MR) is 51.6 cm³/mol. The molecule has 0 spiro atoms. The summed E-state index contributed by atoms with van der Waals surface area (Å²) in [6.45, 7) is 0. The molecule has 0 fully saturated rings. The van der Waals surface area contributed by atoms with Gasteiger partial charge in [0, 0.05) is 10.9 Å². The van der Waals surface area contributed by atoms with Gasteiger partial charge in [-0.2, -0.15) is 0 Å². The van der Waals surface area contributed by atoms with Crippen LogP contribution in [0.5, 0.6) is 0 Å². The molecule has 0 nitrogen and oxygen atoms in total. The van der Waals surface area contributed by atoms with E-state index in [4.69, 9.17) is 0 Å². The van der Waals surface area contributed by atoms with Gasteiger partial charge >= 0.3 is 0 Å². The van der Waals surface area contributed by atoms with Crippen LogP contribution in [0.25, 0.3) is 0 Å². The first kappa shape index (κ1) is 11.2. The van der Waals surface area contributed by atoms with Crippen LogP contribution in [-0.2, 0) is 5.33 Å². The van der Waals surface area contributed by atoms with E-state index in [0.29, 0.717) is 0 Å². The van der Waals surface area contributed by atoms with Gasteiger partial charge in [-0.1, -0.05) is 15.9 Å². The van der Waals surface area contributed by atoms with Gasteiger partial charge in [-0.25, -0.2) is 17.6 Å². The Bertz CT molecular complexity index is 324. The van der Waals surface area contributed by atoms with Crippen molar-refractivity contribution in [3.05, 3.63) is 32.4 Å². The van der Waals surface area contributed by atoms with E-state index in [-0.39, 0.29) is 14.5 Å². The summed E-state index contributed by atoms with van der Waals surface area (Å²) in [5.74, 6) is -6.24. The summed E-state index contributed by atoms with van der Waals surface area (Å²) in [4.78, 5) is 0. The van der Waals surface area contributed by atoms with Crippen molar-refractivity contribution >= 4 is 38.5 Å². The number of rotatable bonds is 1. The molecule has 0 aromatic heterocycles. The highest BCUT2D eigenvalue weighted by Gasteiger charge is 2.22. The summed E-state index contributed by atoms with van der Waals surface area (Å²) in [5, 5.41) is -0.0643. The molecule has 1 aromatic rings. The maximum absolute atomic E-state index is 12.9. The number of halogens is 6. The average molecular weight is 369 g/mol. The summed E-state index contributed by atoms with van der Waals surface area (Å²) in [6.07, 6.45) is 0. The highest BCUT2D eigenvalue weighted by Crippen LogP contribution is 2.26. The fourth-order valence-corrected chi connectivity index (χ4v) is 2.48. The molecule has 0 N–H and O–H groups in total. The van der Waals surface area contributed by atoms with Gasteiger partial charge in [-0.05, 0) is 22.6 Å².